The molecular weight excluding hydrogens is 262 g/mol. The molecule has 1 amide bonds. The van der Waals surface area contributed by atoms with Crippen LogP contribution in [0.1, 0.15) is 18.4 Å². The van der Waals surface area contributed by atoms with E-state index in [2.05, 4.69) is 0 Å². The van der Waals surface area contributed by atoms with Crippen molar-refractivity contribution in [3.8, 4) is 0 Å². The van der Waals surface area contributed by atoms with E-state index in [-0.39, 0.29) is 26.0 Å². The minimum atomic E-state index is -1.04. The van der Waals surface area contributed by atoms with Crippen LogP contribution in [0.4, 0.5) is 0 Å². The van der Waals surface area contributed by atoms with Crippen LogP contribution in [-0.2, 0) is 25.7 Å². The molecule has 0 aliphatic carbocycles. The number of aliphatic carboxylic acids is 1. The summed E-state index contributed by atoms with van der Waals surface area (Å²) in [5.41, 5.74) is 0.862. The van der Waals surface area contributed by atoms with E-state index in [1.54, 1.807) is 0 Å². The molecule has 1 N–H and O–H groups in total. The molecule has 0 aliphatic heterocycles. The molecular formula is C14H17NO5. The van der Waals surface area contributed by atoms with Crippen molar-refractivity contribution in [1.29, 1.82) is 0 Å². The van der Waals surface area contributed by atoms with Crippen LogP contribution < -0.4 is 0 Å². The Bertz CT molecular complexity index is 472. The molecule has 0 saturated carbocycles. The average molecular weight is 279 g/mol. The van der Waals surface area contributed by atoms with E-state index in [1.807, 2.05) is 30.3 Å². The highest BCUT2D eigenvalue weighted by Crippen LogP contribution is 2.02. The fourth-order valence-electron chi connectivity index (χ4n) is 1.47. The lowest BCUT2D eigenvalue weighted by molar-refractivity contribution is -0.149. The maximum Gasteiger partial charge on any atom is 0.325 e. The number of ether oxygens (including phenoxy) is 1. The first kappa shape index (κ1) is 15.7. The third-order valence-electron chi connectivity index (χ3n) is 2.59. The second-order valence-electron chi connectivity index (χ2n) is 4.29. The molecule has 1 rings (SSSR count). The first-order chi connectivity index (χ1) is 9.49. The Morgan fingerprint density at radius 3 is 2.40 bits per heavy atom. The van der Waals surface area contributed by atoms with Gasteiger partial charge in [0.25, 0.3) is 0 Å². The Balaban J connectivity index is 2.30. The Kier molecular flexibility index (Phi) is 6.22. The number of hydrogen-bond donors (Lipinski definition) is 1. The second-order valence-corrected chi connectivity index (χ2v) is 4.29. The van der Waals surface area contributed by atoms with Gasteiger partial charge in [0.2, 0.25) is 5.91 Å². The SMILES string of the molecule is CN(CC(=O)OCc1ccccc1)C(=O)CCC(=O)O. The number of rotatable bonds is 7. The molecule has 0 saturated heterocycles. The Hall–Kier alpha value is -2.37. The van der Waals surface area contributed by atoms with E-state index in [9.17, 15) is 14.4 Å². The van der Waals surface area contributed by atoms with E-state index in [0.29, 0.717) is 0 Å². The summed E-state index contributed by atoms with van der Waals surface area (Å²) < 4.78 is 5.03. The summed E-state index contributed by atoms with van der Waals surface area (Å²) in [6.45, 7) is -0.0396. The molecule has 0 unspecified atom stereocenters. The summed E-state index contributed by atoms with van der Waals surface area (Å²) in [6, 6.07) is 9.19. The van der Waals surface area contributed by atoms with Crippen molar-refractivity contribution in [2.75, 3.05) is 13.6 Å². The number of likely N-dealkylation sites (N-methyl/N-ethyl adjacent to an activating group) is 1. The maximum absolute atomic E-state index is 11.5. The summed E-state index contributed by atoms with van der Waals surface area (Å²) in [4.78, 5) is 34.6. The van der Waals surface area contributed by atoms with Crippen LogP contribution >= 0.6 is 0 Å². The summed E-state index contributed by atoms with van der Waals surface area (Å²) in [7, 11) is 1.44. The van der Waals surface area contributed by atoms with Crippen LogP contribution in [-0.4, -0.2) is 41.4 Å². The van der Waals surface area contributed by atoms with Gasteiger partial charge in [0.15, 0.2) is 0 Å². The van der Waals surface area contributed by atoms with E-state index in [1.165, 1.54) is 7.05 Å². The Labute approximate surface area is 117 Å². The van der Waals surface area contributed by atoms with Gasteiger partial charge in [-0.3, -0.25) is 14.4 Å². The van der Waals surface area contributed by atoms with Crippen molar-refractivity contribution in [3.63, 3.8) is 0 Å². The van der Waals surface area contributed by atoms with E-state index in [4.69, 9.17) is 9.84 Å². The minimum Gasteiger partial charge on any atom is -0.481 e. The Morgan fingerprint density at radius 1 is 1.15 bits per heavy atom. The van der Waals surface area contributed by atoms with Crippen molar-refractivity contribution in [2.24, 2.45) is 0 Å². The number of carbonyl (C=O) groups is 3. The highest BCUT2D eigenvalue weighted by atomic mass is 16.5. The van der Waals surface area contributed by atoms with E-state index < -0.39 is 17.8 Å². The molecule has 0 aromatic heterocycles. The number of hydrogen-bond acceptors (Lipinski definition) is 4. The molecule has 0 radical (unpaired) electrons. The molecule has 20 heavy (non-hydrogen) atoms. The lowest BCUT2D eigenvalue weighted by Gasteiger charge is -2.15. The van der Waals surface area contributed by atoms with Gasteiger partial charge in [0.05, 0.1) is 6.42 Å². The van der Waals surface area contributed by atoms with Gasteiger partial charge in [-0.1, -0.05) is 30.3 Å². The number of carboxylic acid groups (broad SMARTS) is 1. The van der Waals surface area contributed by atoms with Crippen molar-refractivity contribution < 1.29 is 24.2 Å². The van der Waals surface area contributed by atoms with E-state index in [0.717, 1.165) is 10.5 Å². The fraction of sp³-hybridized carbons (Fsp3) is 0.357. The summed E-state index contributed by atoms with van der Waals surface area (Å²) in [6.07, 6.45) is -0.375. The number of esters is 1. The lowest BCUT2D eigenvalue weighted by Crippen LogP contribution is -2.33. The highest BCUT2D eigenvalue weighted by Gasteiger charge is 2.14. The predicted molar refractivity (Wildman–Crippen MR) is 70.7 cm³/mol. The number of carboxylic acids is 1. The largest absolute Gasteiger partial charge is 0.481 e. The lowest BCUT2D eigenvalue weighted by atomic mass is 10.2. The van der Waals surface area contributed by atoms with Crippen molar-refractivity contribution in [2.45, 2.75) is 19.4 Å². The zero-order valence-corrected chi connectivity index (χ0v) is 11.2. The minimum absolute atomic E-state index is 0.127. The van der Waals surface area contributed by atoms with Gasteiger partial charge >= 0.3 is 11.9 Å². The summed E-state index contributed by atoms with van der Waals surface area (Å²) >= 11 is 0. The maximum atomic E-state index is 11.5. The molecule has 1 aromatic rings. The molecule has 0 spiro atoms. The van der Waals surface area contributed by atoms with Crippen LogP contribution in [0.25, 0.3) is 0 Å². The molecule has 0 heterocycles. The first-order valence-corrected chi connectivity index (χ1v) is 6.14. The fourth-order valence-corrected chi connectivity index (χ4v) is 1.47. The topological polar surface area (TPSA) is 83.9 Å². The predicted octanol–water partition coefficient (Wildman–Crippen LogP) is 1.05. The number of carbonyl (C=O) groups excluding carboxylic acids is 2. The van der Waals surface area contributed by atoms with Crippen molar-refractivity contribution >= 4 is 17.8 Å². The third kappa shape index (κ3) is 5.99. The van der Waals surface area contributed by atoms with Crippen LogP contribution in [0.5, 0.6) is 0 Å². The highest BCUT2D eigenvalue weighted by molar-refractivity contribution is 5.84. The number of amides is 1. The molecule has 0 bridgehead atoms. The van der Waals surface area contributed by atoms with Crippen LogP contribution in [0.3, 0.4) is 0 Å². The normalized spacial score (nSPS) is 9.85. The zero-order valence-electron chi connectivity index (χ0n) is 11.2. The van der Waals surface area contributed by atoms with Gasteiger partial charge in [0.1, 0.15) is 13.2 Å². The Morgan fingerprint density at radius 2 is 1.80 bits per heavy atom. The summed E-state index contributed by atoms with van der Waals surface area (Å²) in [5, 5.41) is 8.47. The smallest absolute Gasteiger partial charge is 0.325 e. The zero-order chi connectivity index (χ0) is 15.0. The molecule has 6 nitrogen and oxygen atoms in total. The third-order valence-corrected chi connectivity index (χ3v) is 2.59. The van der Waals surface area contributed by atoms with Crippen LogP contribution in [0.15, 0.2) is 30.3 Å². The molecule has 108 valence electrons. The summed E-state index contributed by atoms with van der Waals surface area (Å²) in [5.74, 6) is -1.97. The van der Waals surface area contributed by atoms with Gasteiger partial charge in [-0.15, -0.1) is 0 Å². The first-order valence-electron chi connectivity index (χ1n) is 6.14. The molecule has 6 heteroatoms. The quantitative estimate of drug-likeness (QED) is 0.754. The monoisotopic (exact) mass is 279 g/mol. The standard InChI is InChI=1S/C14H17NO5/c1-15(12(16)7-8-13(17)18)9-14(19)20-10-11-5-3-2-4-6-11/h2-6H,7-10H2,1H3,(H,17,18). The number of benzene rings is 1. The van der Waals surface area contributed by atoms with E-state index >= 15 is 0 Å². The van der Waals surface area contributed by atoms with Gasteiger partial charge in [0, 0.05) is 13.5 Å². The second kappa shape index (κ2) is 7.93. The van der Waals surface area contributed by atoms with Gasteiger partial charge < -0.3 is 14.7 Å². The van der Waals surface area contributed by atoms with Crippen molar-refractivity contribution in [1.82, 2.24) is 4.90 Å². The van der Waals surface area contributed by atoms with Gasteiger partial charge in [-0.05, 0) is 5.56 Å². The molecule has 0 atom stereocenters. The molecule has 1 aromatic carbocycles. The number of nitrogens with zero attached hydrogens (tertiary/aromatic N) is 1. The average Bonchev–Trinajstić information content (AvgIpc) is 2.43. The molecule has 0 aliphatic rings. The van der Waals surface area contributed by atoms with Crippen LogP contribution in [0.2, 0.25) is 0 Å². The van der Waals surface area contributed by atoms with Gasteiger partial charge in [-0.25, -0.2) is 0 Å². The molecule has 0 fully saturated rings. The van der Waals surface area contributed by atoms with Gasteiger partial charge in [-0.2, -0.15) is 0 Å². The van der Waals surface area contributed by atoms with Crippen molar-refractivity contribution in [3.05, 3.63) is 35.9 Å². The van der Waals surface area contributed by atoms with Crippen LogP contribution in [0, 0.1) is 0 Å².